The molecule has 8 nitrogen and oxygen atoms in total. The highest BCUT2D eigenvalue weighted by Crippen LogP contribution is 2.38. The first-order chi connectivity index (χ1) is 18.4. The molecule has 0 spiro atoms. The fourth-order valence-electron chi connectivity index (χ4n) is 3.44. The van der Waals surface area contributed by atoms with Crippen molar-refractivity contribution in [1.82, 2.24) is 9.78 Å². The Hall–Kier alpha value is -3.76. The van der Waals surface area contributed by atoms with Crippen LogP contribution in [0.3, 0.4) is 0 Å². The topological polar surface area (TPSA) is 81.3 Å². The molecule has 1 aromatic heterocycles. The summed E-state index contributed by atoms with van der Waals surface area (Å²) in [5.41, 5.74) is 2.67. The summed E-state index contributed by atoms with van der Waals surface area (Å²) in [7, 11) is 4.34. The Labute approximate surface area is 229 Å². The van der Waals surface area contributed by atoms with Gasteiger partial charge in [-0.2, -0.15) is 5.10 Å². The fraction of sp³-hybridized carbons (Fsp3) is 0.379. The number of methoxy groups -OCH3 is 2. The molecule has 39 heavy (non-hydrogen) atoms. The lowest BCUT2D eigenvalue weighted by molar-refractivity contribution is 0.00936. The van der Waals surface area contributed by atoms with E-state index in [-0.39, 0.29) is 36.5 Å². The van der Waals surface area contributed by atoms with Gasteiger partial charge in [0.15, 0.2) is 23.1 Å². The molecule has 1 unspecified atom stereocenters. The Balaban J connectivity index is 2.45. The molecule has 1 heterocycles. The Morgan fingerprint density at radius 2 is 1.77 bits per heavy atom. The first-order valence-electron chi connectivity index (χ1n) is 12.3. The first kappa shape index (κ1) is 31.5. The molecule has 2 rings (SSSR count). The van der Waals surface area contributed by atoms with E-state index < -0.39 is 23.4 Å². The van der Waals surface area contributed by atoms with Gasteiger partial charge in [0.1, 0.15) is 5.69 Å². The lowest BCUT2D eigenvalue weighted by atomic mass is 10.1. The number of aliphatic imine (C=N–C) groups is 1. The van der Waals surface area contributed by atoms with Crippen molar-refractivity contribution in [2.24, 2.45) is 12.0 Å². The minimum atomic E-state index is -1.09. The van der Waals surface area contributed by atoms with Crippen LogP contribution >= 0.6 is 0 Å². The molecule has 0 bridgehead atoms. The van der Waals surface area contributed by atoms with E-state index in [0.29, 0.717) is 11.3 Å². The van der Waals surface area contributed by atoms with Gasteiger partial charge in [0.2, 0.25) is 0 Å². The minimum absolute atomic E-state index is 0.0462. The van der Waals surface area contributed by atoms with Crippen LogP contribution in [0.2, 0.25) is 0 Å². The van der Waals surface area contributed by atoms with Gasteiger partial charge in [0.05, 0.1) is 51.5 Å². The molecule has 0 aliphatic carbocycles. The molecule has 0 aliphatic heterocycles. The zero-order chi connectivity index (χ0) is 29.3. The highest BCUT2D eigenvalue weighted by atomic mass is 19.1. The maximum absolute atomic E-state index is 15.4. The van der Waals surface area contributed by atoms with Crippen LogP contribution in [0, 0.1) is 11.6 Å². The van der Waals surface area contributed by atoms with Gasteiger partial charge in [-0.05, 0) is 45.4 Å². The highest BCUT2D eigenvalue weighted by molar-refractivity contribution is 6.09. The lowest BCUT2D eigenvalue weighted by Crippen LogP contribution is -2.35. The van der Waals surface area contributed by atoms with Crippen molar-refractivity contribution < 1.29 is 28.1 Å². The summed E-state index contributed by atoms with van der Waals surface area (Å²) in [5.74, 6) is -2.37. The van der Waals surface area contributed by atoms with Crippen LogP contribution in [0.5, 0.6) is 11.5 Å². The Bertz CT molecular complexity index is 1230. The molecule has 1 atom stereocenters. The predicted molar refractivity (Wildman–Crippen MR) is 151 cm³/mol. The van der Waals surface area contributed by atoms with E-state index in [2.05, 4.69) is 23.2 Å². The van der Waals surface area contributed by atoms with E-state index in [4.69, 9.17) is 14.2 Å². The lowest BCUT2D eigenvalue weighted by Gasteiger charge is -2.29. The van der Waals surface area contributed by atoms with E-state index in [0.717, 1.165) is 17.2 Å². The van der Waals surface area contributed by atoms with Crippen molar-refractivity contribution in [2.45, 2.75) is 39.9 Å². The monoisotopic (exact) mass is 544 g/mol. The SMILES string of the molecule is C=C(C=NC(/C=C\C(=C)N(CC(O)COC(C)C)c1c(F)c(OC)cc(OC)c1F)=C(C)C)c1cnn(C)c1. The standard InChI is InChI=1S/C29H38F2N4O4/c1-18(2)24(32-13-20(5)22-14-33-34(7)15-22)11-10-21(6)35(16-23(36)17-39-19(3)4)29-27(30)25(37-8)12-26(38-9)28(29)31/h10-15,19,23,36H,5-6,16-17H2,1-4,7-9H3/b11-10-,32-13?. The third kappa shape index (κ3) is 8.62. The molecule has 1 N–H and O–H groups in total. The number of aryl methyl sites for hydroxylation is 1. The number of benzene rings is 1. The summed E-state index contributed by atoms with van der Waals surface area (Å²) in [6, 6.07) is 1.12. The molecule has 2 aromatic rings. The first-order valence-corrected chi connectivity index (χ1v) is 12.3. The zero-order valence-corrected chi connectivity index (χ0v) is 23.7. The quantitative estimate of drug-likeness (QED) is 0.251. The molecule has 10 heteroatoms. The molecule has 0 amide bonds. The number of rotatable bonds is 14. The van der Waals surface area contributed by atoms with Gasteiger partial charge in [-0.25, -0.2) is 8.78 Å². The van der Waals surface area contributed by atoms with Gasteiger partial charge >= 0.3 is 0 Å². The van der Waals surface area contributed by atoms with E-state index in [9.17, 15) is 5.11 Å². The van der Waals surface area contributed by atoms with Crippen LogP contribution < -0.4 is 14.4 Å². The second-order valence-corrected chi connectivity index (χ2v) is 9.30. The maximum atomic E-state index is 15.4. The van der Waals surface area contributed by atoms with Gasteiger partial charge < -0.3 is 24.2 Å². The molecule has 212 valence electrons. The molecule has 1 aromatic carbocycles. The van der Waals surface area contributed by atoms with Crippen molar-refractivity contribution in [3.05, 3.63) is 77.9 Å². The number of hydrogen-bond donors (Lipinski definition) is 1. The maximum Gasteiger partial charge on any atom is 0.191 e. The van der Waals surface area contributed by atoms with Gasteiger partial charge in [-0.15, -0.1) is 0 Å². The average Bonchev–Trinajstić information content (AvgIpc) is 3.32. The summed E-state index contributed by atoms with van der Waals surface area (Å²) in [4.78, 5) is 5.75. The number of halogens is 2. The third-order valence-corrected chi connectivity index (χ3v) is 5.56. The van der Waals surface area contributed by atoms with Crippen LogP contribution in [0.1, 0.15) is 33.3 Å². The van der Waals surface area contributed by atoms with Crippen LogP contribution in [0.4, 0.5) is 14.5 Å². The highest BCUT2D eigenvalue weighted by Gasteiger charge is 2.27. The van der Waals surface area contributed by atoms with Crippen LogP contribution in [0.25, 0.3) is 5.57 Å². The smallest absolute Gasteiger partial charge is 0.191 e. The van der Waals surface area contributed by atoms with Crippen molar-refractivity contribution >= 4 is 17.5 Å². The van der Waals surface area contributed by atoms with E-state index >= 15 is 8.78 Å². The molecular formula is C29H38F2N4O4. The second-order valence-electron chi connectivity index (χ2n) is 9.30. The van der Waals surface area contributed by atoms with Crippen molar-refractivity contribution in [3.8, 4) is 11.5 Å². The van der Waals surface area contributed by atoms with E-state index in [1.165, 1.54) is 19.1 Å². The number of allylic oxidation sites excluding steroid dienone is 4. The van der Waals surface area contributed by atoms with Crippen LogP contribution in [0.15, 0.2) is 65.7 Å². The summed E-state index contributed by atoms with van der Waals surface area (Å²) in [6.45, 7) is 15.2. The van der Waals surface area contributed by atoms with Crippen molar-refractivity contribution in [1.29, 1.82) is 0 Å². The van der Waals surface area contributed by atoms with Crippen molar-refractivity contribution in [2.75, 3.05) is 32.3 Å². The van der Waals surface area contributed by atoms with Gasteiger partial charge in [-0.3, -0.25) is 9.67 Å². The summed E-state index contributed by atoms with van der Waals surface area (Å²) in [5, 5.41) is 14.8. The van der Waals surface area contributed by atoms with Crippen LogP contribution in [-0.2, 0) is 11.8 Å². The molecule has 0 saturated heterocycles. The molecule has 0 fully saturated rings. The minimum Gasteiger partial charge on any atom is -0.493 e. The van der Waals surface area contributed by atoms with Gasteiger partial charge in [0.25, 0.3) is 0 Å². The average molecular weight is 545 g/mol. The fourth-order valence-corrected chi connectivity index (χ4v) is 3.44. The zero-order valence-electron chi connectivity index (χ0n) is 23.7. The third-order valence-electron chi connectivity index (χ3n) is 5.56. The van der Waals surface area contributed by atoms with E-state index in [1.54, 1.807) is 29.2 Å². The summed E-state index contributed by atoms with van der Waals surface area (Å²) >= 11 is 0. The number of ether oxygens (including phenoxy) is 3. The predicted octanol–water partition coefficient (Wildman–Crippen LogP) is 5.46. The number of aromatic nitrogens is 2. The number of anilines is 1. The van der Waals surface area contributed by atoms with Crippen LogP contribution in [-0.4, -0.2) is 60.7 Å². The van der Waals surface area contributed by atoms with Gasteiger partial charge in [0, 0.05) is 36.8 Å². The second kappa shape index (κ2) is 14.4. The Morgan fingerprint density at radius 1 is 1.15 bits per heavy atom. The summed E-state index contributed by atoms with van der Waals surface area (Å²) in [6.07, 6.45) is 7.13. The Kier molecular flexibility index (Phi) is 11.6. The molecule has 0 aliphatic rings. The number of nitrogens with zero attached hydrogens (tertiary/aromatic N) is 4. The molecule has 0 radical (unpaired) electrons. The number of aliphatic hydroxyl groups excluding tert-OH is 1. The summed E-state index contributed by atoms with van der Waals surface area (Å²) < 4.78 is 48.2. The number of aliphatic hydroxyl groups is 1. The molecular weight excluding hydrogens is 506 g/mol. The van der Waals surface area contributed by atoms with Crippen molar-refractivity contribution in [3.63, 3.8) is 0 Å². The normalized spacial score (nSPS) is 12.3. The Morgan fingerprint density at radius 3 is 2.26 bits per heavy atom. The van der Waals surface area contributed by atoms with Gasteiger partial charge in [-0.1, -0.05) is 18.7 Å². The van der Waals surface area contributed by atoms with E-state index in [1.807, 2.05) is 40.9 Å². The largest absolute Gasteiger partial charge is 0.493 e. The molecule has 0 saturated carbocycles. The number of hydrogen-bond acceptors (Lipinski definition) is 7.